The van der Waals surface area contributed by atoms with Crippen LogP contribution < -0.4 is 15.6 Å². The van der Waals surface area contributed by atoms with Crippen LogP contribution in [0.1, 0.15) is 44.3 Å². The fourth-order valence-corrected chi connectivity index (χ4v) is 2.92. The molecule has 3 aromatic rings. The van der Waals surface area contributed by atoms with Gasteiger partial charge in [-0.1, -0.05) is 54.6 Å². The molecule has 31 heavy (non-hydrogen) atoms. The van der Waals surface area contributed by atoms with Gasteiger partial charge >= 0.3 is 0 Å². The number of carbonyl (C=O) groups is 3. The summed E-state index contributed by atoms with van der Waals surface area (Å²) in [7, 11) is 0. The number of hydrazine groups is 1. The highest BCUT2D eigenvalue weighted by molar-refractivity contribution is 6.09. The van der Waals surface area contributed by atoms with Gasteiger partial charge in [-0.2, -0.15) is 0 Å². The van der Waals surface area contributed by atoms with Gasteiger partial charge < -0.3 is 4.74 Å². The molecule has 1 unspecified atom stereocenters. The standard InChI is InChI=1S/C25H24N2O4/c1-16-8-7-11-22(17(16)2)31-18(3)24(29)26-27-25(30)21-14-12-20(13-15-21)23(28)19-9-5-4-6-10-19/h4-15,18H,1-3H3,(H,26,29)(H,27,30). The molecule has 2 N–H and O–H groups in total. The lowest BCUT2D eigenvalue weighted by atomic mass is 10.0. The number of amides is 2. The van der Waals surface area contributed by atoms with E-state index in [2.05, 4.69) is 10.9 Å². The van der Waals surface area contributed by atoms with Crippen LogP contribution in [-0.2, 0) is 4.79 Å². The van der Waals surface area contributed by atoms with Crippen molar-refractivity contribution in [3.05, 3.63) is 101 Å². The third kappa shape index (κ3) is 5.36. The lowest BCUT2D eigenvalue weighted by Gasteiger charge is -2.17. The van der Waals surface area contributed by atoms with E-state index in [-0.39, 0.29) is 5.78 Å². The summed E-state index contributed by atoms with van der Waals surface area (Å²) in [6, 6.07) is 20.8. The predicted octanol–water partition coefficient (Wildman–Crippen LogP) is 3.76. The molecule has 0 spiro atoms. The first kappa shape index (κ1) is 21.8. The normalized spacial score (nSPS) is 11.3. The summed E-state index contributed by atoms with van der Waals surface area (Å²) in [5.74, 6) is -0.484. The van der Waals surface area contributed by atoms with Gasteiger partial charge in [0.25, 0.3) is 11.8 Å². The number of rotatable bonds is 6. The summed E-state index contributed by atoms with van der Waals surface area (Å²) in [5, 5.41) is 0. The van der Waals surface area contributed by atoms with E-state index in [1.165, 1.54) is 12.1 Å². The molecule has 6 nitrogen and oxygen atoms in total. The SMILES string of the molecule is Cc1cccc(OC(C)C(=O)NNC(=O)c2ccc(C(=O)c3ccccc3)cc2)c1C. The van der Waals surface area contributed by atoms with Gasteiger partial charge in [0, 0.05) is 16.7 Å². The molecule has 0 saturated carbocycles. The molecule has 0 heterocycles. The minimum atomic E-state index is -0.799. The van der Waals surface area contributed by atoms with Gasteiger partial charge in [0.2, 0.25) is 0 Å². The average Bonchev–Trinajstić information content (AvgIpc) is 2.80. The van der Waals surface area contributed by atoms with E-state index in [1.54, 1.807) is 49.4 Å². The van der Waals surface area contributed by atoms with Crippen molar-refractivity contribution in [1.82, 2.24) is 10.9 Å². The van der Waals surface area contributed by atoms with Gasteiger partial charge in [-0.05, 0) is 50.1 Å². The summed E-state index contributed by atoms with van der Waals surface area (Å²) in [6.07, 6.45) is -0.799. The van der Waals surface area contributed by atoms with Crippen LogP contribution in [0, 0.1) is 13.8 Å². The quantitative estimate of drug-likeness (QED) is 0.473. The first-order valence-corrected chi connectivity index (χ1v) is 9.89. The fraction of sp³-hybridized carbons (Fsp3) is 0.160. The maximum atomic E-state index is 12.4. The molecule has 0 aliphatic rings. The number of benzene rings is 3. The minimum Gasteiger partial charge on any atom is -0.481 e. The molecule has 1 atom stereocenters. The molecular weight excluding hydrogens is 392 g/mol. The average molecular weight is 416 g/mol. The first-order valence-electron chi connectivity index (χ1n) is 9.89. The highest BCUT2D eigenvalue weighted by Crippen LogP contribution is 2.21. The van der Waals surface area contributed by atoms with Crippen molar-refractivity contribution < 1.29 is 19.1 Å². The fourth-order valence-electron chi connectivity index (χ4n) is 2.92. The van der Waals surface area contributed by atoms with E-state index < -0.39 is 17.9 Å². The van der Waals surface area contributed by atoms with Crippen molar-refractivity contribution in [2.24, 2.45) is 0 Å². The van der Waals surface area contributed by atoms with Crippen LogP contribution in [0.25, 0.3) is 0 Å². The highest BCUT2D eigenvalue weighted by Gasteiger charge is 2.17. The van der Waals surface area contributed by atoms with Gasteiger partial charge in [0.05, 0.1) is 0 Å². The van der Waals surface area contributed by atoms with Gasteiger partial charge in [-0.15, -0.1) is 0 Å². The summed E-state index contributed by atoms with van der Waals surface area (Å²) in [4.78, 5) is 37.1. The molecule has 0 radical (unpaired) electrons. The monoisotopic (exact) mass is 416 g/mol. The maximum absolute atomic E-state index is 12.4. The Hall–Kier alpha value is -3.93. The van der Waals surface area contributed by atoms with Crippen LogP contribution in [0.3, 0.4) is 0 Å². The number of carbonyl (C=O) groups excluding carboxylic acids is 3. The third-order valence-electron chi connectivity index (χ3n) is 4.97. The summed E-state index contributed by atoms with van der Waals surface area (Å²) < 4.78 is 5.71. The Kier molecular flexibility index (Phi) is 6.82. The molecule has 0 fully saturated rings. The van der Waals surface area contributed by atoms with E-state index in [0.29, 0.717) is 22.4 Å². The number of ketones is 1. The molecule has 3 aromatic carbocycles. The number of hydrogen-bond donors (Lipinski definition) is 2. The molecular formula is C25H24N2O4. The predicted molar refractivity (Wildman–Crippen MR) is 118 cm³/mol. The van der Waals surface area contributed by atoms with Crippen LogP contribution in [0.5, 0.6) is 5.75 Å². The van der Waals surface area contributed by atoms with E-state index in [4.69, 9.17) is 4.74 Å². The van der Waals surface area contributed by atoms with Gasteiger partial charge in [0.1, 0.15) is 5.75 Å². The van der Waals surface area contributed by atoms with Crippen LogP contribution in [0.15, 0.2) is 72.8 Å². The molecule has 6 heteroatoms. The molecule has 0 aromatic heterocycles. The van der Waals surface area contributed by atoms with E-state index in [0.717, 1.165) is 11.1 Å². The Morgan fingerprint density at radius 2 is 1.35 bits per heavy atom. The smallest absolute Gasteiger partial charge is 0.279 e. The summed E-state index contributed by atoms with van der Waals surface area (Å²) in [5.41, 5.74) is 8.11. The Morgan fingerprint density at radius 3 is 2.03 bits per heavy atom. The van der Waals surface area contributed by atoms with Gasteiger partial charge in [0.15, 0.2) is 11.9 Å². The maximum Gasteiger partial charge on any atom is 0.279 e. The van der Waals surface area contributed by atoms with Crippen LogP contribution >= 0.6 is 0 Å². The number of ether oxygens (including phenoxy) is 1. The third-order valence-corrected chi connectivity index (χ3v) is 4.97. The second kappa shape index (κ2) is 9.71. The summed E-state index contributed by atoms with van der Waals surface area (Å²) in [6.45, 7) is 5.49. The Balaban J connectivity index is 1.56. The Morgan fingerprint density at radius 1 is 0.742 bits per heavy atom. The molecule has 0 aliphatic carbocycles. The first-order chi connectivity index (χ1) is 14.9. The van der Waals surface area contributed by atoms with E-state index in [1.807, 2.05) is 32.0 Å². The summed E-state index contributed by atoms with van der Waals surface area (Å²) >= 11 is 0. The van der Waals surface area contributed by atoms with Crippen molar-refractivity contribution in [1.29, 1.82) is 0 Å². The Labute approximate surface area is 181 Å². The molecule has 3 rings (SSSR count). The minimum absolute atomic E-state index is 0.127. The van der Waals surface area contributed by atoms with Gasteiger partial charge in [-0.3, -0.25) is 25.2 Å². The molecule has 158 valence electrons. The number of nitrogens with one attached hydrogen (secondary N) is 2. The van der Waals surface area contributed by atoms with Crippen molar-refractivity contribution >= 4 is 17.6 Å². The Bertz CT molecular complexity index is 1090. The molecule has 0 bridgehead atoms. The van der Waals surface area contributed by atoms with Crippen LogP contribution in [-0.4, -0.2) is 23.7 Å². The largest absolute Gasteiger partial charge is 0.481 e. The van der Waals surface area contributed by atoms with Crippen LogP contribution in [0.4, 0.5) is 0 Å². The van der Waals surface area contributed by atoms with Crippen molar-refractivity contribution in [3.8, 4) is 5.75 Å². The molecule has 0 aliphatic heterocycles. The second-order valence-electron chi connectivity index (χ2n) is 7.17. The van der Waals surface area contributed by atoms with E-state index >= 15 is 0 Å². The second-order valence-corrected chi connectivity index (χ2v) is 7.17. The molecule has 2 amide bonds. The topological polar surface area (TPSA) is 84.5 Å². The van der Waals surface area contributed by atoms with Crippen LogP contribution in [0.2, 0.25) is 0 Å². The van der Waals surface area contributed by atoms with Crippen molar-refractivity contribution in [2.45, 2.75) is 26.9 Å². The van der Waals surface area contributed by atoms with Crippen molar-refractivity contribution in [3.63, 3.8) is 0 Å². The lowest BCUT2D eigenvalue weighted by Crippen LogP contribution is -2.47. The lowest BCUT2D eigenvalue weighted by molar-refractivity contribution is -0.128. The van der Waals surface area contributed by atoms with Gasteiger partial charge in [-0.25, -0.2) is 0 Å². The zero-order valence-electron chi connectivity index (χ0n) is 17.6. The van der Waals surface area contributed by atoms with Crippen molar-refractivity contribution in [2.75, 3.05) is 0 Å². The number of aryl methyl sites for hydroxylation is 1. The number of hydrogen-bond acceptors (Lipinski definition) is 4. The zero-order chi connectivity index (χ0) is 22.4. The molecule has 0 saturated heterocycles. The van der Waals surface area contributed by atoms with E-state index in [9.17, 15) is 14.4 Å². The highest BCUT2D eigenvalue weighted by atomic mass is 16.5. The zero-order valence-corrected chi connectivity index (χ0v) is 17.6.